The summed E-state index contributed by atoms with van der Waals surface area (Å²) >= 11 is 0. The van der Waals surface area contributed by atoms with Crippen molar-refractivity contribution < 1.29 is 38.9 Å². The van der Waals surface area contributed by atoms with E-state index >= 15 is 0 Å². The summed E-state index contributed by atoms with van der Waals surface area (Å²) in [6, 6.07) is 6.39. The van der Waals surface area contributed by atoms with Gasteiger partial charge >= 0.3 is 11.9 Å². The van der Waals surface area contributed by atoms with Gasteiger partial charge in [0.05, 0.1) is 5.57 Å². The predicted molar refractivity (Wildman–Crippen MR) is 116 cm³/mol. The molecule has 168 valence electrons. The van der Waals surface area contributed by atoms with Gasteiger partial charge in [-0.25, -0.2) is 9.59 Å². The largest absolute Gasteiger partial charge is 0.482 e. The number of Topliss-reactive ketones (excluding diaryl/α,β-unsaturated/α-hetero) is 1. The van der Waals surface area contributed by atoms with E-state index in [2.05, 4.69) is 0 Å². The Morgan fingerprint density at radius 2 is 1.62 bits per heavy atom. The van der Waals surface area contributed by atoms with Crippen molar-refractivity contribution in [1.29, 1.82) is 0 Å². The SMILES string of the molecule is CC(C)=CCC1C=CC(C(=O)C=Cc2ccc(OCC(=O)O)cc2)=C(OCC(=O)O)C1=O. The molecule has 1 aromatic carbocycles. The van der Waals surface area contributed by atoms with Crippen LogP contribution >= 0.6 is 0 Å². The Labute approximate surface area is 185 Å². The number of ketones is 2. The number of carboxylic acids is 2. The molecule has 0 fully saturated rings. The summed E-state index contributed by atoms with van der Waals surface area (Å²) in [6.45, 7) is 2.61. The fourth-order valence-corrected chi connectivity index (χ4v) is 2.78. The minimum absolute atomic E-state index is 0.0117. The maximum Gasteiger partial charge on any atom is 0.341 e. The molecule has 0 heterocycles. The maximum atomic E-state index is 12.8. The van der Waals surface area contributed by atoms with Gasteiger partial charge in [0.2, 0.25) is 5.78 Å². The number of carboxylic acid groups (broad SMARTS) is 2. The lowest BCUT2D eigenvalue weighted by molar-refractivity contribution is -0.142. The van der Waals surface area contributed by atoms with E-state index in [0.29, 0.717) is 17.7 Å². The summed E-state index contributed by atoms with van der Waals surface area (Å²) in [4.78, 5) is 47.0. The molecule has 0 saturated carbocycles. The second-order valence-corrected chi connectivity index (χ2v) is 7.22. The van der Waals surface area contributed by atoms with Gasteiger partial charge in [-0.1, -0.05) is 42.0 Å². The number of carbonyl (C=O) groups excluding carboxylic acids is 2. The third-order valence-electron chi connectivity index (χ3n) is 4.36. The fourth-order valence-electron chi connectivity index (χ4n) is 2.78. The summed E-state index contributed by atoms with van der Waals surface area (Å²) < 4.78 is 10.2. The molecule has 0 saturated heterocycles. The highest BCUT2D eigenvalue weighted by Crippen LogP contribution is 2.26. The second-order valence-electron chi connectivity index (χ2n) is 7.22. The Bertz CT molecular complexity index is 1000. The van der Waals surface area contributed by atoms with E-state index in [1.165, 1.54) is 18.2 Å². The zero-order valence-corrected chi connectivity index (χ0v) is 17.7. The van der Waals surface area contributed by atoms with Gasteiger partial charge in [-0.3, -0.25) is 9.59 Å². The van der Waals surface area contributed by atoms with Gasteiger partial charge in [0.1, 0.15) is 5.75 Å². The number of hydrogen-bond acceptors (Lipinski definition) is 6. The number of aliphatic carboxylic acids is 2. The third kappa shape index (κ3) is 7.39. The molecular formula is C24H24O8. The molecule has 0 radical (unpaired) electrons. The van der Waals surface area contributed by atoms with Crippen molar-refractivity contribution in [2.24, 2.45) is 5.92 Å². The minimum Gasteiger partial charge on any atom is -0.482 e. The van der Waals surface area contributed by atoms with Crippen LogP contribution in [-0.4, -0.2) is 46.9 Å². The summed E-state index contributed by atoms with van der Waals surface area (Å²) in [5.74, 6) is -3.72. The molecule has 0 aromatic heterocycles. The first kappa shape index (κ1) is 24.3. The highest BCUT2D eigenvalue weighted by atomic mass is 16.5. The third-order valence-corrected chi connectivity index (χ3v) is 4.36. The smallest absolute Gasteiger partial charge is 0.341 e. The Morgan fingerprint density at radius 3 is 2.22 bits per heavy atom. The summed E-state index contributed by atoms with van der Waals surface area (Å²) in [6.07, 6.45) is 8.17. The van der Waals surface area contributed by atoms with Crippen molar-refractivity contribution in [3.63, 3.8) is 0 Å². The Hall–Kier alpha value is -3.94. The van der Waals surface area contributed by atoms with Gasteiger partial charge < -0.3 is 19.7 Å². The van der Waals surface area contributed by atoms with Crippen LogP contribution in [-0.2, 0) is 23.9 Å². The van der Waals surface area contributed by atoms with Gasteiger partial charge in [-0.2, -0.15) is 0 Å². The van der Waals surface area contributed by atoms with Gasteiger partial charge in [-0.05, 0) is 44.0 Å². The zero-order chi connectivity index (χ0) is 23.7. The van der Waals surface area contributed by atoms with Crippen LogP contribution < -0.4 is 4.74 Å². The van der Waals surface area contributed by atoms with Gasteiger partial charge in [-0.15, -0.1) is 0 Å². The molecule has 2 rings (SSSR count). The molecule has 8 nitrogen and oxygen atoms in total. The molecule has 1 unspecified atom stereocenters. The highest BCUT2D eigenvalue weighted by Gasteiger charge is 2.29. The van der Waals surface area contributed by atoms with E-state index in [4.69, 9.17) is 19.7 Å². The molecule has 0 spiro atoms. The van der Waals surface area contributed by atoms with Crippen molar-refractivity contribution in [2.75, 3.05) is 13.2 Å². The van der Waals surface area contributed by atoms with Crippen molar-refractivity contribution in [2.45, 2.75) is 20.3 Å². The second kappa shape index (κ2) is 11.5. The van der Waals surface area contributed by atoms with E-state index in [-0.39, 0.29) is 11.3 Å². The molecule has 32 heavy (non-hydrogen) atoms. The Kier molecular flexibility index (Phi) is 8.71. The first-order chi connectivity index (χ1) is 15.2. The topological polar surface area (TPSA) is 127 Å². The maximum absolute atomic E-state index is 12.8. The summed E-state index contributed by atoms with van der Waals surface area (Å²) in [5.41, 5.74) is 1.66. The molecule has 2 N–H and O–H groups in total. The van der Waals surface area contributed by atoms with Crippen LogP contribution in [0.25, 0.3) is 6.08 Å². The van der Waals surface area contributed by atoms with Crippen LogP contribution in [0.15, 0.2) is 65.5 Å². The summed E-state index contributed by atoms with van der Waals surface area (Å²) in [7, 11) is 0. The fraction of sp³-hybridized carbons (Fsp3) is 0.250. The lowest BCUT2D eigenvalue weighted by atomic mass is 9.89. The van der Waals surface area contributed by atoms with Crippen molar-refractivity contribution >= 4 is 29.6 Å². The lowest BCUT2D eigenvalue weighted by Gasteiger charge is -2.19. The quantitative estimate of drug-likeness (QED) is 0.397. The summed E-state index contributed by atoms with van der Waals surface area (Å²) in [5, 5.41) is 17.5. The standard InChI is InChI=1S/C24H24O8/c1-15(2)3-7-17-8-11-19(24(23(17)30)32-14-22(28)29)20(25)12-6-16-4-9-18(10-5-16)31-13-21(26)27/h3-6,8-12,17H,7,13-14H2,1-2H3,(H,26,27)(H,28,29). The number of rotatable bonds is 11. The van der Waals surface area contributed by atoms with Crippen molar-refractivity contribution in [3.8, 4) is 5.75 Å². The van der Waals surface area contributed by atoms with Gasteiger partial charge in [0.15, 0.2) is 24.8 Å². The van der Waals surface area contributed by atoms with Crippen LogP contribution in [0.3, 0.4) is 0 Å². The Balaban J connectivity index is 2.19. The molecule has 1 aromatic rings. The van der Waals surface area contributed by atoms with Crippen LogP contribution in [0.1, 0.15) is 25.8 Å². The highest BCUT2D eigenvalue weighted by molar-refractivity contribution is 6.15. The molecular weight excluding hydrogens is 416 g/mol. The number of ether oxygens (including phenoxy) is 2. The number of carbonyl (C=O) groups is 4. The molecule has 1 atom stereocenters. The molecule has 1 aliphatic carbocycles. The average molecular weight is 440 g/mol. The van der Waals surface area contributed by atoms with Gasteiger partial charge in [0, 0.05) is 5.92 Å². The van der Waals surface area contributed by atoms with E-state index in [1.807, 2.05) is 19.9 Å². The monoisotopic (exact) mass is 440 g/mol. The molecule has 1 aliphatic rings. The van der Waals surface area contributed by atoms with Crippen LogP contribution in [0.4, 0.5) is 0 Å². The number of benzene rings is 1. The molecule has 8 heteroatoms. The van der Waals surface area contributed by atoms with Crippen LogP contribution in [0.2, 0.25) is 0 Å². The van der Waals surface area contributed by atoms with E-state index in [9.17, 15) is 19.2 Å². The Morgan fingerprint density at radius 1 is 1.00 bits per heavy atom. The van der Waals surface area contributed by atoms with Crippen LogP contribution in [0.5, 0.6) is 5.75 Å². The zero-order valence-electron chi connectivity index (χ0n) is 17.7. The first-order valence-electron chi connectivity index (χ1n) is 9.79. The van der Waals surface area contributed by atoms with Gasteiger partial charge in [0.25, 0.3) is 0 Å². The molecule has 0 bridgehead atoms. The van der Waals surface area contributed by atoms with E-state index < -0.39 is 42.6 Å². The van der Waals surface area contributed by atoms with Crippen LogP contribution in [0, 0.1) is 5.92 Å². The minimum atomic E-state index is -1.26. The predicted octanol–water partition coefficient (Wildman–Crippen LogP) is 3.20. The van der Waals surface area contributed by atoms with Crippen molar-refractivity contribution in [3.05, 3.63) is 71.0 Å². The number of allylic oxidation sites excluding steroid dienone is 7. The van der Waals surface area contributed by atoms with E-state index in [1.54, 1.807) is 30.3 Å². The normalized spacial score (nSPS) is 15.6. The average Bonchev–Trinajstić information content (AvgIpc) is 2.74. The number of hydrogen-bond donors (Lipinski definition) is 2. The molecule has 0 aliphatic heterocycles. The van der Waals surface area contributed by atoms with Crippen molar-refractivity contribution in [1.82, 2.24) is 0 Å². The lowest BCUT2D eigenvalue weighted by Crippen LogP contribution is -2.24. The first-order valence-corrected chi connectivity index (χ1v) is 9.79. The molecule has 0 amide bonds. The van der Waals surface area contributed by atoms with E-state index in [0.717, 1.165) is 5.57 Å².